The van der Waals surface area contributed by atoms with E-state index in [1.165, 1.54) is 0 Å². The average Bonchev–Trinajstić information content (AvgIpc) is 2.14. The van der Waals surface area contributed by atoms with Crippen LogP contribution in [0, 0.1) is 5.92 Å². The highest BCUT2D eigenvalue weighted by atomic mass is 32.1. The summed E-state index contributed by atoms with van der Waals surface area (Å²) in [5.74, 6) is 0.420. The standard InChI is InChI=1S/C9H18O4S/c1-4(2)9-8(12)7(11)6(10)5(3-14)13-9/h4-12,14H,3H2,1-2H3/t5?,6-,7?,8?,9-/m0/s1. The third kappa shape index (κ3) is 2.23. The zero-order valence-corrected chi connectivity index (χ0v) is 9.26. The molecule has 0 radical (unpaired) electrons. The van der Waals surface area contributed by atoms with E-state index in [4.69, 9.17) is 4.74 Å². The molecule has 1 saturated heterocycles. The molecule has 5 atom stereocenters. The first-order valence-electron chi connectivity index (χ1n) is 4.79. The molecule has 5 heteroatoms. The van der Waals surface area contributed by atoms with Crippen molar-refractivity contribution < 1.29 is 20.1 Å². The van der Waals surface area contributed by atoms with Gasteiger partial charge in [0, 0.05) is 5.75 Å². The second-order valence-corrected chi connectivity index (χ2v) is 4.40. The molecule has 0 aromatic carbocycles. The summed E-state index contributed by atoms with van der Waals surface area (Å²) in [5.41, 5.74) is 0. The lowest BCUT2D eigenvalue weighted by Gasteiger charge is -2.41. The average molecular weight is 222 g/mol. The van der Waals surface area contributed by atoms with Crippen LogP contribution in [0.3, 0.4) is 0 Å². The second-order valence-electron chi connectivity index (χ2n) is 4.04. The molecular weight excluding hydrogens is 204 g/mol. The summed E-state index contributed by atoms with van der Waals surface area (Å²) in [6.07, 6.45) is -4.18. The Bertz CT molecular complexity index is 186. The quantitative estimate of drug-likeness (QED) is 0.472. The molecule has 0 aromatic heterocycles. The highest BCUT2D eigenvalue weighted by Crippen LogP contribution is 2.26. The van der Waals surface area contributed by atoms with E-state index < -0.39 is 30.5 Å². The largest absolute Gasteiger partial charge is 0.388 e. The molecule has 3 N–H and O–H groups in total. The molecule has 3 unspecified atom stereocenters. The van der Waals surface area contributed by atoms with Gasteiger partial charge in [0.25, 0.3) is 0 Å². The molecule has 84 valence electrons. The van der Waals surface area contributed by atoms with Crippen LogP contribution in [0.25, 0.3) is 0 Å². The van der Waals surface area contributed by atoms with Crippen LogP contribution in [0.15, 0.2) is 0 Å². The lowest BCUT2D eigenvalue weighted by atomic mass is 9.90. The van der Waals surface area contributed by atoms with Crippen LogP contribution < -0.4 is 0 Å². The van der Waals surface area contributed by atoms with Gasteiger partial charge in [-0.3, -0.25) is 0 Å². The summed E-state index contributed by atoms with van der Waals surface area (Å²) in [7, 11) is 0. The predicted molar refractivity (Wildman–Crippen MR) is 55.4 cm³/mol. The van der Waals surface area contributed by atoms with E-state index in [1.807, 2.05) is 13.8 Å². The Morgan fingerprint density at radius 3 is 2.14 bits per heavy atom. The van der Waals surface area contributed by atoms with E-state index in [2.05, 4.69) is 12.6 Å². The van der Waals surface area contributed by atoms with Crippen molar-refractivity contribution in [2.45, 2.75) is 44.4 Å². The highest BCUT2D eigenvalue weighted by molar-refractivity contribution is 7.80. The van der Waals surface area contributed by atoms with Crippen molar-refractivity contribution in [3.05, 3.63) is 0 Å². The van der Waals surface area contributed by atoms with Crippen molar-refractivity contribution in [1.29, 1.82) is 0 Å². The Kier molecular flexibility index (Phi) is 4.21. The first kappa shape index (κ1) is 12.3. The molecule has 4 nitrogen and oxygen atoms in total. The van der Waals surface area contributed by atoms with Crippen LogP contribution in [-0.2, 0) is 4.74 Å². The number of rotatable bonds is 2. The molecule has 1 rings (SSSR count). The van der Waals surface area contributed by atoms with Crippen LogP contribution in [-0.4, -0.2) is 51.6 Å². The molecule has 14 heavy (non-hydrogen) atoms. The Balaban J connectivity index is 2.73. The van der Waals surface area contributed by atoms with Crippen LogP contribution in [0.4, 0.5) is 0 Å². The lowest BCUT2D eigenvalue weighted by molar-refractivity contribution is -0.225. The van der Waals surface area contributed by atoms with Crippen LogP contribution in [0.5, 0.6) is 0 Å². The highest BCUT2D eigenvalue weighted by Gasteiger charge is 2.43. The Labute approximate surface area is 89.3 Å². The Morgan fingerprint density at radius 2 is 1.71 bits per heavy atom. The van der Waals surface area contributed by atoms with E-state index in [0.717, 1.165) is 0 Å². The SMILES string of the molecule is CC(C)[C@@H]1OC(CS)[C@H](O)C(O)C1O. The first-order chi connectivity index (χ1) is 6.49. The minimum atomic E-state index is -1.15. The number of thiol groups is 1. The van der Waals surface area contributed by atoms with Gasteiger partial charge in [-0.25, -0.2) is 0 Å². The van der Waals surface area contributed by atoms with Gasteiger partial charge in [0.1, 0.15) is 18.3 Å². The van der Waals surface area contributed by atoms with Gasteiger partial charge in [-0.1, -0.05) is 13.8 Å². The van der Waals surface area contributed by atoms with Gasteiger partial charge < -0.3 is 20.1 Å². The molecule has 0 saturated carbocycles. The maximum Gasteiger partial charge on any atom is 0.111 e. The third-order valence-corrected chi connectivity index (χ3v) is 2.95. The van der Waals surface area contributed by atoms with E-state index in [0.29, 0.717) is 5.75 Å². The van der Waals surface area contributed by atoms with Gasteiger partial charge in [-0.05, 0) is 5.92 Å². The number of hydrogen-bond acceptors (Lipinski definition) is 5. The van der Waals surface area contributed by atoms with E-state index >= 15 is 0 Å². The van der Waals surface area contributed by atoms with Crippen molar-refractivity contribution >= 4 is 12.6 Å². The fourth-order valence-electron chi connectivity index (χ4n) is 1.68. The van der Waals surface area contributed by atoms with Crippen LogP contribution in [0.1, 0.15) is 13.8 Å². The van der Waals surface area contributed by atoms with Crippen molar-refractivity contribution in [3.8, 4) is 0 Å². The summed E-state index contributed by atoms with van der Waals surface area (Å²) >= 11 is 4.02. The summed E-state index contributed by atoms with van der Waals surface area (Å²) in [5, 5.41) is 28.7. The molecule has 0 amide bonds. The normalized spacial score (nSPS) is 44.4. The molecule has 0 aromatic rings. The zero-order chi connectivity index (χ0) is 10.9. The minimum absolute atomic E-state index is 0.0922. The topological polar surface area (TPSA) is 69.9 Å². The molecule has 1 fully saturated rings. The lowest BCUT2D eigenvalue weighted by Crippen LogP contribution is -2.59. The van der Waals surface area contributed by atoms with Crippen LogP contribution >= 0.6 is 12.6 Å². The summed E-state index contributed by atoms with van der Waals surface area (Å²) in [6, 6.07) is 0. The van der Waals surface area contributed by atoms with Gasteiger partial charge in [0.2, 0.25) is 0 Å². The van der Waals surface area contributed by atoms with Gasteiger partial charge in [0.15, 0.2) is 0 Å². The van der Waals surface area contributed by atoms with Crippen molar-refractivity contribution in [2.24, 2.45) is 5.92 Å². The number of ether oxygens (including phenoxy) is 1. The van der Waals surface area contributed by atoms with Gasteiger partial charge in [-0.15, -0.1) is 0 Å². The molecular formula is C9H18O4S. The van der Waals surface area contributed by atoms with Crippen molar-refractivity contribution in [1.82, 2.24) is 0 Å². The fraction of sp³-hybridized carbons (Fsp3) is 1.00. The molecule has 0 spiro atoms. The molecule has 1 heterocycles. The Morgan fingerprint density at radius 1 is 1.14 bits per heavy atom. The van der Waals surface area contributed by atoms with Gasteiger partial charge in [-0.2, -0.15) is 12.6 Å². The van der Waals surface area contributed by atoms with Crippen LogP contribution in [0.2, 0.25) is 0 Å². The van der Waals surface area contributed by atoms with Gasteiger partial charge >= 0.3 is 0 Å². The number of aliphatic hydroxyl groups is 3. The van der Waals surface area contributed by atoms with E-state index in [9.17, 15) is 15.3 Å². The monoisotopic (exact) mass is 222 g/mol. The Hall–Kier alpha value is 0.190. The molecule has 1 aliphatic rings. The fourth-order valence-corrected chi connectivity index (χ4v) is 1.98. The first-order valence-corrected chi connectivity index (χ1v) is 5.42. The smallest absolute Gasteiger partial charge is 0.111 e. The minimum Gasteiger partial charge on any atom is -0.388 e. The summed E-state index contributed by atoms with van der Waals surface area (Å²) in [6.45, 7) is 3.79. The van der Waals surface area contributed by atoms with E-state index in [-0.39, 0.29) is 5.92 Å². The summed E-state index contributed by atoms with van der Waals surface area (Å²) < 4.78 is 5.46. The predicted octanol–water partition coefficient (Wildman–Crippen LogP) is -0.578. The summed E-state index contributed by atoms with van der Waals surface area (Å²) in [4.78, 5) is 0. The second kappa shape index (κ2) is 4.81. The maximum absolute atomic E-state index is 9.63. The maximum atomic E-state index is 9.63. The molecule has 0 aliphatic carbocycles. The number of aliphatic hydroxyl groups excluding tert-OH is 3. The number of hydrogen-bond donors (Lipinski definition) is 4. The third-order valence-electron chi connectivity index (χ3n) is 2.59. The molecule has 0 bridgehead atoms. The van der Waals surface area contributed by atoms with Crippen molar-refractivity contribution in [3.63, 3.8) is 0 Å². The van der Waals surface area contributed by atoms with Crippen molar-refractivity contribution in [2.75, 3.05) is 5.75 Å². The molecule has 1 aliphatic heterocycles. The van der Waals surface area contributed by atoms with Gasteiger partial charge in [0.05, 0.1) is 12.2 Å². The van der Waals surface area contributed by atoms with E-state index in [1.54, 1.807) is 0 Å². The zero-order valence-electron chi connectivity index (χ0n) is 8.37.